The van der Waals surface area contributed by atoms with E-state index in [1.165, 1.54) is 0 Å². The van der Waals surface area contributed by atoms with Crippen molar-refractivity contribution in [1.29, 1.82) is 0 Å². The van der Waals surface area contributed by atoms with Gasteiger partial charge in [0.05, 0.1) is 78.5 Å². The van der Waals surface area contributed by atoms with Gasteiger partial charge in [-0.2, -0.15) is 18.5 Å². The number of piperidine rings is 4. The van der Waals surface area contributed by atoms with Crippen molar-refractivity contribution in [1.82, 2.24) is 30.2 Å². The molecule has 0 aromatic carbocycles. The number of likely N-dealkylation sites (tertiary alicyclic amines) is 2. The summed E-state index contributed by atoms with van der Waals surface area (Å²) in [6.45, 7) is 4.81. The highest BCUT2D eigenvalue weighted by Crippen LogP contribution is 2.42. The van der Waals surface area contributed by atoms with Gasteiger partial charge < -0.3 is 27.8 Å². The van der Waals surface area contributed by atoms with Crippen molar-refractivity contribution in [2.24, 2.45) is 0 Å². The molecule has 6 fully saturated rings. The molecule has 0 N–H and O–H groups in total. The summed E-state index contributed by atoms with van der Waals surface area (Å²) in [5.41, 5.74) is 1.34. The van der Waals surface area contributed by atoms with Gasteiger partial charge in [0.25, 0.3) is 0 Å². The standard InChI is InChI=1S/C32H48N8O8S/c1-39(2)13-9-21(10-14-39)29-17-25(33-45-29)27-7-5-23-19-35(27)31(41)37(23)47-49(43,44)48-38-24-6-8-28(36(20-24)32(38)42)26-18-30(46-34-26)22-11-15-40(3,4)16-12-22/h17-18,21-24,27-28H,5-16,19-20H2,1-4H3/q+2/t23-,24-,27+,28+/m1/s1. The fourth-order valence-corrected chi connectivity index (χ4v) is 9.49. The quantitative estimate of drug-likeness (QED) is 0.375. The largest absolute Gasteiger partial charge is 0.442 e. The summed E-state index contributed by atoms with van der Waals surface area (Å²) < 4.78 is 50.5. The molecular weight excluding hydrogens is 656 g/mol. The Morgan fingerprint density at radius 1 is 0.653 bits per heavy atom. The van der Waals surface area contributed by atoms with Gasteiger partial charge in [0.2, 0.25) is 0 Å². The first-order valence-corrected chi connectivity index (χ1v) is 19.0. The lowest BCUT2D eigenvalue weighted by atomic mass is 9.92. The van der Waals surface area contributed by atoms with Crippen LogP contribution in [-0.2, 0) is 19.0 Å². The van der Waals surface area contributed by atoms with Crippen LogP contribution in [0, 0.1) is 0 Å². The van der Waals surface area contributed by atoms with E-state index in [2.05, 4.69) is 38.5 Å². The maximum absolute atomic E-state index is 13.5. The number of rotatable bonds is 8. The van der Waals surface area contributed by atoms with E-state index in [0.717, 1.165) is 82.5 Å². The van der Waals surface area contributed by atoms with Gasteiger partial charge in [-0.05, 0) is 25.7 Å². The minimum atomic E-state index is -4.81. The molecule has 0 unspecified atom stereocenters. The second kappa shape index (κ2) is 11.9. The molecule has 6 aliphatic heterocycles. The first kappa shape index (κ1) is 32.9. The summed E-state index contributed by atoms with van der Waals surface area (Å²) in [5.74, 6) is 2.26. The van der Waals surface area contributed by atoms with Crippen LogP contribution in [0.15, 0.2) is 21.2 Å². The van der Waals surface area contributed by atoms with Gasteiger partial charge in [-0.25, -0.2) is 9.59 Å². The summed E-state index contributed by atoms with van der Waals surface area (Å²) in [6, 6.07) is 1.07. The molecular formula is C32H48N8O8S+2. The Morgan fingerprint density at radius 2 is 1.04 bits per heavy atom. The monoisotopic (exact) mass is 704 g/mol. The van der Waals surface area contributed by atoms with Crippen molar-refractivity contribution in [3.63, 3.8) is 0 Å². The van der Waals surface area contributed by atoms with Crippen molar-refractivity contribution in [3.05, 3.63) is 35.0 Å². The molecule has 268 valence electrons. The Bertz CT molecular complexity index is 1570. The van der Waals surface area contributed by atoms with E-state index in [1.54, 1.807) is 9.80 Å². The predicted octanol–water partition coefficient (Wildman–Crippen LogP) is 3.26. The predicted molar refractivity (Wildman–Crippen MR) is 171 cm³/mol. The lowest BCUT2D eigenvalue weighted by molar-refractivity contribution is -0.895. The van der Waals surface area contributed by atoms with E-state index >= 15 is 0 Å². The molecule has 0 saturated carbocycles. The molecule has 4 amide bonds. The van der Waals surface area contributed by atoms with E-state index in [-0.39, 0.29) is 25.2 Å². The molecule has 2 aromatic rings. The third-order valence-electron chi connectivity index (χ3n) is 11.9. The van der Waals surface area contributed by atoms with E-state index in [1.807, 2.05) is 12.1 Å². The summed E-state index contributed by atoms with van der Waals surface area (Å²) in [5, 5.41) is 10.4. The number of aromatic nitrogens is 2. The van der Waals surface area contributed by atoms with E-state index < -0.39 is 34.5 Å². The number of urea groups is 2. The number of carbonyl (C=O) groups excluding carboxylic acids is 2. The van der Waals surface area contributed by atoms with E-state index in [4.69, 9.17) is 17.6 Å². The summed E-state index contributed by atoms with van der Waals surface area (Å²) >= 11 is 0. The molecule has 16 nitrogen and oxygen atoms in total. The zero-order chi connectivity index (χ0) is 34.3. The molecule has 0 aliphatic carbocycles. The van der Waals surface area contributed by atoms with Crippen molar-refractivity contribution < 1.29 is 44.6 Å². The number of quaternary nitrogens is 2. The summed E-state index contributed by atoms with van der Waals surface area (Å²) in [6.07, 6.45) is 6.23. The SMILES string of the molecule is C[N+]1(C)CCC(c2cc([C@@H]3CC[C@@H]4CN3C(=O)N4OS(=O)(=O)ON3C(=O)N4C[C@H]3CC[C@H]4c3cc(C4CC[N+](C)(C)CC4)on3)no2)CC1. The first-order valence-electron chi connectivity index (χ1n) is 17.7. The normalized spacial score (nSPS) is 30.5. The van der Waals surface area contributed by atoms with Gasteiger partial charge in [-0.15, -0.1) is 8.57 Å². The molecule has 4 bridgehead atoms. The van der Waals surface area contributed by atoms with E-state index in [9.17, 15) is 18.0 Å². The van der Waals surface area contributed by atoms with Gasteiger partial charge in [0.1, 0.15) is 22.9 Å². The molecule has 6 aliphatic rings. The second-order valence-corrected chi connectivity index (χ2v) is 17.3. The summed E-state index contributed by atoms with van der Waals surface area (Å²) in [7, 11) is 4.11. The Hall–Kier alpha value is -3.25. The van der Waals surface area contributed by atoms with Gasteiger partial charge in [-0.3, -0.25) is 0 Å². The highest BCUT2D eigenvalue weighted by Gasteiger charge is 2.52. The van der Waals surface area contributed by atoms with Crippen molar-refractivity contribution in [2.45, 2.75) is 87.4 Å². The van der Waals surface area contributed by atoms with Crippen LogP contribution >= 0.6 is 0 Å². The van der Waals surface area contributed by atoms with Gasteiger partial charge in [0, 0.05) is 62.7 Å². The Labute approximate surface area is 286 Å². The molecule has 8 rings (SSSR count). The Kier molecular flexibility index (Phi) is 8.01. The fourth-order valence-electron chi connectivity index (χ4n) is 8.69. The van der Waals surface area contributed by atoms with Crippen LogP contribution in [0.5, 0.6) is 0 Å². The van der Waals surface area contributed by atoms with E-state index in [0.29, 0.717) is 48.9 Å². The number of hydrogen-bond acceptors (Lipinski definition) is 10. The maximum atomic E-state index is 13.5. The van der Waals surface area contributed by atoms with Gasteiger partial charge in [0.15, 0.2) is 0 Å². The fraction of sp³-hybridized carbons (Fsp3) is 0.750. The third-order valence-corrected chi connectivity index (χ3v) is 12.6. The lowest BCUT2D eigenvalue weighted by Gasteiger charge is -2.36. The topological polar surface area (TPSA) is 152 Å². The molecule has 6 saturated heterocycles. The maximum Gasteiger partial charge on any atom is 0.442 e. The molecule has 2 aromatic heterocycles. The molecule has 4 atom stereocenters. The number of hydroxylamine groups is 4. The van der Waals surface area contributed by atoms with Crippen LogP contribution in [0.25, 0.3) is 0 Å². The second-order valence-electron chi connectivity index (χ2n) is 16.2. The summed E-state index contributed by atoms with van der Waals surface area (Å²) in [4.78, 5) is 30.2. The zero-order valence-electron chi connectivity index (χ0n) is 28.8. The smallest absolute Gasteiger partial charge is 0.361 e. The number of hydrogen-bond donors (Lipinski definition) is 0. The van der Waals surface area contributed by atoms with Crippen LogP contribution in [0.4, 0.5) is 9.59 Å². The number of carbonyl (C=O) groups is 2. The van der Waals surface area contributed by atoms with Crippen molar-refractivity contribution >= 4 is 22.5 Å². The lowest BCUT2D eigenvalue weighted by Crippen LogP contribution is -2.45. The Morgan fingerprint density at radius 3 is 1.43 bits per heavy atom. The molecule has 0 spiro atoms. The third kappa shape index (κ3) is 6.21. The molecule has 17 heteroatoms. The highest BCUT2D eigenvalue weighted by atomic mass is 32.3. The average molecular weight is 705 g/mol. The van der Waals surface area contributed by atoms with Crippen LogP contribution in [0.2, 0.25) is 0 Å². The number of nitrogens with zero attached hydrogens (tertiary/aromatic N) is 8. The number of amides is 4. The van der Waals surface area contributed by atoms with Crippen LogP contribution in [0.1, 0.15) is 98.2 Å². The van der Waals surface area contributed by atoms with Gasteiger partial charge in [-0.1, -0.05) is 10.3 Å². The van der Waals surface area contributed by atoms with Crippen LogP contribution in [0.3, 0.4) is 0 Å². The van der Waals surface area contributed by atoms with Gasteiger partial charge >= 0.3 is 22.5 Å². The molecule has 8 heterocycles. The van der Waals surface area contributed by atoms with Crippen LogP contribution in [-0.4, -0.2) is 139 Å². The molecule has 0 radical (unpaired) electrons. The Balaban J connectivity index is 0.890. The number of fused-ring (bicyclic) bond motifs is 4. The first-order chi connectivity index (χ1) is 23.3. The average Bonchev–Trinajstić information content (AvgIpc) is 3.84. The molecule has 49 heavy (non-hydrogen) atoms. The minimum Gasteiger partial charge on any atom is -0.361 e. The van der Waals surface area contributed by atoms with Crippen molar-refractivity contribution in [2.75, 3.05) is 67.5 Å². The highest BCUT2D eigenvalue weighted by molar-refractivity contribution is 7.81. The van der Waals surface area contributed by atoms with Crippen LogP contribution < -0.4 is 0 Å². The van der Waals surface area contributed by atoms with Crippen molar-refractivity contribution in [3.8, 4) is 0 Å². The zero-order valence-corrected chi connectivity index (χ0v) is 29.6. The minimum absolute atomic E-state index is 0.286.